The van der Waals surface area contributed by atoms with Gasteiger partial charge in [0.2, 0.25) is 0 Å². The first-order valence-electron chi connectivity index (χ1n) is 7.10. The molecule has 0 aliphatic heterocycles. The van der Waals surface area contributed by atoms with Gasteiger partial charge in [0.1, 0.15) is 0 Å². The van der Waals surface area contributed by atoms with Gasteiger partial charge in [0.05, 0.1) is 0 Å². The van der Waals surface area contributed by atoms with Gasteiger partial charge in [-0.2, -0.15) is 0 Å². The van der Waals surface area contributed by atoms with E-state index in [-0.39, 0.29) is 0 Å². The van der Waals surface area contributed by atoms with Crippen LogP contribution in [0.1, 0.15) is 66.7 Å². The molecule has 0 amide bonds. The molecular formula is C15H30. The smallest absolute Gasteiger partial charge is 0.0355 e. The van der Waals surface area contributed by atoms with E-state index in [1.54, 1.807) is 0 Å². The van der Waals surface area contributed by atoms with Crippen molar-refractivity contribution in [1.82, 2.24) is 0 Å². The van der Waals surface area contributed by atoms with E-state index >= 15 is 0 Å². The van der Waals surface area contributed by atoms with Crippen LogP contribution in [0, 0.1) is 29.6 Å². The lowest BCUT2D eigenvalue weighted by molar-refractivity contribution is 0.315. The molecule has 1 fully saturated rings. The Labute approximate surface area is 96.8 Å². The van der Waals surface area contributed by atoms with Crippen LogP contribution in [0.3, 0.4) is 0 Å². The molecule has 1 aliphatic carbocycles. The summed E-state index contributed by atoms with van der Waals surface area (Å²) in [5, 5.41) is 0. The third kappa shape index (κ3) is 3.81. The fourth-order valence-electron chi connectivity index (χ4n) is 2.74. The Hall–Kier alpha value is 0. The Balaban J connectivity index is 2.17. The van der Waals surface area contributed by atoms with E-state index in [1.165, 1.54) is 32.1 Å². The SMILES string of the molecule is CCC(C)CCC1CC1C(C)C(C)CC. The molecule has 0 spiro atoms. The van der Waals surface area contributed by atoms with Crippen molar-refractivity contribution in [2.75, 3.05) is 0 Å². The molecule has 0 radical (unpaired) electrons. The van der Waals surface area contributed by atoms with Gasteiger partial charge in [-0.3, -0.25) is 0 Å². The molecule has 15 heavy (non-hydrogen) atoms. The van der Waals surface area contributed by atoms with Gasteiger partial charge in [0.25, 0.3) is 0 Å². The normalized spacial score (nSPS) is 31.0. The molecule has 0 nitrogen and oxygen atoms in total. The lowest BCUT2D eigenvalue weighted by Crippen LogP contribution is -2.10. The maximum atomic E-state index is 2.47. The van der Waals surface area contributed by atoms with E-state index in [0.29, 0.717) is 0 Å². The Bertz CT molecular complexity index is 173. The van der Waals surface area contributed by atoms with Crippen LogP contribution in [-0.4, -0.2) is 0 Å². The first-order chi connectivity index (χ1) is 7.10. The molecule has 0 bridgehead atoms. The van der Waals surface area contributed by atoms with Crippen molar-refractivity contribution in [2.45, 2.75) is 66.7 Å². The molecular weight excluding hydrogens is 180 g/mol. The minimum absolute atomic E-state index is 0.934. The summed E-state index contributed by atoms with van der Waals surface area (Å²) in [4.78, 5) is 0. The van der Waals surface area contributed by atoms with E-state index in [4.69, 9.17) is 0 Å². The predicted octanol–water partition coefficient (Wildman–Crippen LogP) is 5.13. The fraction of sp³-hybridized carbons (Fsp3) is 1.00. The molecule has 5 atom stereocenters. The van der Waals surface area contributed by atoms with Crippen molar-refractivity contribution >= 4 is 0 Å². The summed E-state index contributed by atoms with van der Waals surface area (Å²) in [6.07, 6.45) is 7.21. The zero-order valence-electron chi connectivity index (χ0n) is 11.4. The van der Waals surface area contributed by atoms with Gasteiger partial charge in [0.15, 0.2) is 0 Å². The highest BCUT2D eigenvalue weighted by atomic mass is 14.5. The third-order valence-electron chi connectivity index (χ3n) is 4.92. The second-order valence-electron chi connectivity index (χ2n) is 6.00. The van der Waals surface area contributed by atoms with Crippen LogP contribution in [0.2, 0.25) is 0 Å². The summed E-state index contributed by atoms with van der Waals surface area (Å²) in [5.74, 6) is 5.01. The standard InChI is InChI=1S/C15H30/c1-6-11(3)8-9-14-10-15(14)13(5)12(4)7-2/h11-15H,6-10H2,1-5H3. The molecule has 0 heterocycles. The van der Waals surface area contributed by atoms with Crippen molar-refractivity contribution in [1.29, 1.82) is 0 Å². The Morgan fingerprint density at radius 2 is 1.73 bits per heavy atom. The molecule has 0 aromatic rings. The van der Waals surface area contributed by atoms with Crippen LogP contribution in [0.5, 0.6) is 0 Å². The van der Waals surface area contributed by atoms with E-state index < -0.39 is 0 Å². The van der Waals surface area contributed by atoms with Crippen molar-refractivity contribution in [2.24, 2.45) is 29.6 Å². The number of rotatable bonds is 7. The highest BCUT2D eigenvalue weighted by molar-refractivity contribution is 4.91. The monoisotopic (exact) mass is 210 g/mol. The first kappa shape index (κ1) is 13.1. The van der Waals surface area contributed by atoms with Gasteiger partial charge in [-0.1, -0.05) is 53.9 Å². The molecule has 0 aromatic heterocycles. The van der Waals surface area contributed by atoms with Gasteiger partial charge in [-0.25, -0.2) is 0 Å². The summed E-state index contributed by atoms with van der Waals surface area (Å²) in [6.45, 7) is 11.9. The van der Waals surface area contributed by atoms with E-state index in [1.807, 2.05) is 0 Å². The van der Waals surface area contributed by atoms with Gasteiger partial charge >= 0.3 is 0 Å². The molecule has 5 unspecified atom stereocenters. The first-order valence-corrected chi connectivity index (χ1v) is 7.10. The molecule has 0 aromatic carbocycles. The topological polar surface area (TPSA) is 0 Å². The lowest BCUT2D eigenvalue weighted by atomic mass is 9.87. The summed E-state index contributed by atoms with van der Waals surface area (Å²) in [7, 11) is 0. The molecule has 1 aliphatic rings. The van der Waals surface area contributed by atoms with E-state index in [9.17, 15) is 0 Å². The summed E-state index contributed by atoms with van der Waals surface area (Å²) < 4.78 is 0. The molecule has 0 saturated heterocycles. The van der Waals surface area contributed by atoms with Gasteiger partial charge in [0, 0.05) is 0 Å². The predicted molar refractivity (Wildman–Crippen MR) is 68.9 cm³/mol. The molecule has 1 rings (SSSR count). The number of hydrogen-bond acceptors (Lipinski definition) is 0. The van der Waals surface area contributed by atoms with Crippen LogP contribution in [-0.2, 0) is 0 Å². The fourth-order valence-corrected chi connectivity index (χ4v) is 2.74. The largest absolute Gasteiger partial charge is 0.0651 e. The number of hydrogen-bond donors (Lipinski definition) is 0. The second-order valence-corrected chi connectivity index (χ2v) is 6.00. The van der Waals surface area contributed by atoms with Crippen LogP contribution in [0.4, 0.5) is 0 Å². The van der Waals surface area contributed by atoms with Crippen LogP contribution in [0.15, 0.2) is 0 Å². The Kier molecular flexibility index (Phi) is 5.15. The van der Waals surface area contributed by atoms with E-state index in [0.717, 1.165) is 29.6 Å². The molecule has 0 N–H and O–H groups in total. The van der Waals surface area contributed by atoms with Crippen molar-refractivity contribution in [3.05, 3.63) is 0 Å². The maximum absolute atomic E-state index is 2.47. The van der Waals surface area contributed by atoms with Gasteiger partial charge in [-0.15, -0.1) is 0 Å². The van der Waals surface area contributed by atoms with Crippen molar-refractivity contribution in [3.63, 3.8) is 0 Å². The van der Waals surface area contributed by atoms with Gasteiger partial charge in [-0.05, 0) is 42.4 Å². The average molecular weight is 210 g/mol. The molecule has 90 valence electrons. The lowest BCUT2D eigenvalue weighted by Gasteiger charge is -2.18. The minimum Gasteiger partial charge on any atom is -0.0651 e. The Morgan fingerprint density at radius 1 is 1.07 bits per heavy atom. The third-order valence-corrected chi connectivity index (χ3v) is 4.92. The molecule has 1 saturated carbocycles. The maximum Gasteiger partial charge on any atom is -0.0355 e. The minimum atomic E-state index is 0.934. The second kappa shape index (κ2) is 5.92. The summed E-state index contributed by atoms with van der Waals surface area (Å²) in [6, 6.07) is 0. The van der Waals surface area contributed by atoms with Crippen molar-refractivity contribution in [3.8, 4) is 0 Å². The highest BCUT2D eigenvalue weighted by Gasteiger charge is 2.41. The van der Waals surface area contributed by atoms with Crippen LogP contribution < -0.4 is 0 Å². The zero-order chi connectivity index (χ0) is 11.4. The summed E-state index contributed by atoms with van der Waals surface area (Å²) >= 11 is 0. The molecule has 0 heteroatoms. The van der Waals surface area contributed by atoms with Crippen LogP contribution >= 0.6 is 0 Å². The van der Waals surface area contributed by atoms with E-state index in [2.05, 4.69) is 34.6 Å². The summed E-state index contributed by atoms with van der Waals surface area (Å²) in [5.41, 5.74) is 0. The van der Waals surface area contributed by atoms with Crippen LogP contribution in [0.25, 0.3) is 0 Å². The Morgan fingerprint density at radius 3 is 2.27 bits per heavy atom. The average Bonchev–Trinajstić information content (AvgIpc) is 3.03. The van der Waals surface area contributed by atoms with Gasteiger partial charge < -0.3 is 0 Å². The quantitative estimate of drug-likeness (QED) is 0.546. The highest BCUT2D eigenvalue weighted by Crippen LogP contribution is 2.50. The van der Waals surface area contributed by atoms with Crippen molar-refractivity contribution < 1.29 is 0 Å². The zero-order valence-corrected chi connectivity index (χ0v) is 11.4.